The van der Waals surface area contributed by atoms with Crippen LogP contribution in [0.1, 0.15) is 45.6 Å². The topological polar surface area (TPSA) is 64.6 Å². The Morgan fingerprint density at radius 2 is 2.00 bits per heavy atom. The third kappa shape index (κ3) is 8.02. The second-order valence-corrected chi connectivity index (χ2v) is 7.06. The Labute approximate surface area is 145 Å². The number of halogens is 1. The van der Waals surface area contributed by atoms with E-state index in [0.717, 1.165) is 10.0 Å². The van der Waals surface area contributed by atoms with Gasteiger partial charge in [0.15, 0.2) is 0 Å². The zero-order valence-corrected chi connectivity index (χ0v) is 15.6. The van der Waals surface area contributed by atoms with E-state index < -0.39 is 11.7 Å². The van der Waals surface area contributed by atoms with E-state index in [1.807, 2.05) is 24.3 Å². The summed E-state index contributed by atoms with van der Waals surface area (Å²) in [6.07, 6.45) is -0.304. The predicted octanol–water partition coefficient (Wildman–Crippen LogP) is 4.01. The maximum atomic E-state index is 11.8. The van der Waals surface area contributed by atoms with Gasteiger partial charge < -0.3 is 14.8 Å². The normalized spacial score (nSPS) is 12.4. The number of esters is 1. The van der Waals surface area contributed by atoms with E-state index in [-0.39, 0.29) is 18.3 Å². The van der Waals surface area contributed by atoms with Gasteiger partial charge in [-0.2, -0.15) is 0 Å². The Kier molecular flexibility index (Phi) is 7.55. The van der Waals surface area contributed by atoms with Crippen LogP contribution in [0.5, 0.6) is 0 Å². The SMILES string of the molecule is CCOC(=O)CC(CNC(=O)OC(C)(C)C)c1cccc(Br)c1. The molecule has 0 fully saturated rings. The second-order valence-electron chi connectivity index (χ2n) is 6.14. The molecule has 0 aliphatic rings. The predicted molar refractivity (Wildman–Crippen MR) is 92.4 cm³/mol. The minimum atomic E-state index is -0.559. The summed E-state index contributed by atoms with van der Waals surface area (Å²) in [5.74, 6) is -0.470. The van der Waals surface area contributed by atoms with Crippen molar-refractivity contribution in [3.8, 4) is 0 Å². The lowest BCUT2D eigenvalue weighted by Crippen LogP contribution is -2.35. The van der Waals surface area contributed by atoms with E-state index in [1.165, 1.54) is 0 Å². The first-order valence-corrected chi connectivity index (χ1v) is 8.38. The lowest BCUT2D eigenvalue weighted by Gasteiger charge is -2.22. The van der Waals surface area contributed by atoms with Gasteiger partial charge in [0, 0.05) is 16.9 Å². The Hall–Kier alpha value is -1.56. The van der Waals surface area contributed by atoms with Crippen LogP contribution in [0.15, 0.2) is 28.7 Å². The summed E-state index contributed by atoms with van der Waals surface area (Å²) in [7, 11) is 0. The van der Waals surface area contributed by atoms with E-state index in [0.29, 0.717) is 13.2 Å². The number of hydrogen-bond donors (Lipinski definition) is 1. The number of hydrogen-bond acceptors (Lipinski definition) is 4. The number of ether oxygens (including phenoxy) is 2. The lowest BCUT2D eigenvalue weighted by atomic mass is 9.96. The molecule has 0 aromatic heterocycles. The van der Waals surface area contributed by atoms with Gasteiger partial charge >= 0.3 is 12.1 Å². The molecule has 0 heterocycles. The standard InChI is InChI=1S/C17H24BrNO4/c1-5-22-15(20)10-13(12-7-6-8-14(18)9-12)11-19-16(21)23-17(2,3)4/h6-9,13H,5,10-11H2,1-4H3,(H,19,21). The summed E-state index contributed by atoms with van der Waals surface area (Å²) >= 11 is 3.42. The molecule has 0 spiro atoms. The molecule has 1 aromatic rings. The van der Waals surface area contributed by atoms with E-state index >= 15 is 0 Å². The van der Waals surface area contributed by atoms with Gasteiger partial charge in [-0.3, -0.25) is 4.79 Å². The molecule has 1 aromatic carbocycles. The molecular formula is C17H24BrNO4. The van der Waals surface area contributed by atoms with Gasteiger partial charge in [-0.05, 0) is 45.4 Å². The molecule has 0 saturated carbocycles. The summed E-state index contributed by atoms with van der Waals surface area (Å²) in [6, 6.07) is 7.66. The largest absolute Gasteiger partial charge is 0.466 e. The second kappa shape index (κ2) is 8.91. The van der Waals surface area contributed by atoms with Crippen molar-refractivity contribution in [1.82, 2.24) is 5.32 Å². The van der Waals surface area contributed by atoms with Crippen molar-refractivity contribution in [2.24, 2.45) is 0 Å². The van der Waals surface area contributed by atoms with Gasteiger partial charge in [-0.25, -0.2) is 4.79 Å². The molecule has 5 nitrogen and oxygen atoms in total. The summed E-state index contributed by atoms with van der Waals surface area (Å²) < 4.78 is 11.2. The van der Waals surface area contributed by atoms with Crippen LogP contribution < -0.4 is 5.32 Å². The summed E-state index contributed by atoms with van der Waals surface area (Å²) in [6.45, 7) is 7.81. The number of carbonyl (C=O) groups excluding carboxylic acids is 2. The number of rotatable bonds is 6. The molecule has 1 unspecified atom stereocenters. The molecule has 0 bridgehead atoms. The first-order valence-electron chi connectivity index (χ1n) is 7.59. The monoisotopic (exact) mass is 385 g/mol. The van der Waals surface area contributed by atoms with Crippen LogP contribution >= 0.6 is 15.9 Å². The highest BCUT2D eigenvalue weighted by atomic mass is 79.9. The summed E-state index contributed by atoms with van der Waals surface area (Å²) in [5.41, 5.74) is 0.389. The van der Waals surface area contributed by atoms with Gasteiger partial charge in [0.1, 0.15) is 5.60 Å². The van der Waals surface area contributed by atoms with Crippen LogP contribution in [0, 0.1) is 0 Å². The van der Waals surface area contributed by atoms with Crippen LogP contribution in [0.4, 0.5) is 4.79 Å². The minimum Gasteiger partial charge on any atom is -0.466 e. The molecule has 1 N–H and O–H groups in total. The Bertz CT molecular complexity index is 540. The average molecular weight is 386 g/mol. The molecule has 0 aliphatic carbocycles. The van der Waals surface area contributed by atoms with E-state index in [4.69, 9.17) is 9.47 Å². The molecule has 1 rings (SSSR count). The smallest absolute Gasteiger partial charge is 0.407 e. The van der Waals surface area contributed by atoms with Crippen molar-refractivity contribution >= 4 is 28.0 Å². The average Bonchev–Trinajstić information content (AvgIpc) is 2.41. The Morgan fingerprint density at radius 3 is 2.57 bits per heavy atom. The molecule has 0 saturated heterocycles. The third-order valence-electron chi connectivity index (χ3n) is 2.93. The molecule has 128 valence electrons. The van der Waals surface area contributed by atoms with Gasteiger partial charge in [0.05, 0.1) is 13.0 Å². The van der Waals surface area contributed by atoms with Crippen molar-refractivity contribution in [3.05, 3.63) is 34.3 Å². The molecule has 6 heteroatoms. The third-order valence-corrected chi connectivity index (χ3v) is 3.42. The maximum absolute atomic E-state index is 11.8. The number of carbonyl (C=O) groups is 2. The van der Waals surface area contributed by atoms with E-state index in [1.54, 1.807) is 27.7 Å². The van der Waals surface area contributed by atoms with Crippen molar-refractivity contribution in [3.63, 3.8) is 0 Å². The first-order chi connectivity index (χ1) is 10.7. The fraction of sp³-hybridized carbons (Fsp3) is 0.529. The van der Waals surface area contributed by atoms with Gasteiger partial charge in [0.2, 0.25) is 0 Å². The van der Waals surface area contributed by atoms with Crippen molar-refractivity contribution in [2.45, 2.75) is 45.6 Å². The summed E-state index contributed by atoms with van der Waals surface area (Å²) in [5, 5.41) is 2.72. The highest BCUT2D eigenvalue weighted by Crippen LogP contribution is 2.23. The zero-order valence-electron chi connectivity index (χ0n) is 14.0. The lowest BCUT2D eigenvalue weighted by molar-refractivity contribution is -0.143. The zero-order chi connectivity index (χ0) is 17.5. The fourth-order valence-electron chi connectivity index (χ4n) is 2.01. The van der Waals surface area contributed by atoms with Crippen LogP contribution in [0.2, 0.25) is 0 Å². The fourth-order valence-corrected chi connectivity index (χ4v) is 2.43. The molecule has 1 amide bonds. The minimum absolute atomic E-state index is 0.181. The number of amides is 1. The molecular weight excluding hydrogens is 362 g/mol. The highest BCUT2D eigenvalue weighted by molar-refractivity contribution is 9.10. The van der Waals surface area contributed by atoms with Gasteiger partial charge in [0.25, 0.3) is 0 Å². The van der Waals surface area contributed by atoms with E-state index in [2.05, 4.69) is 21.2 Å². The molecule has 1 atom stereocenters. The number of nitrogens with one attached hydrogen (secondary N) is 1. The first kappa shape index (κ1) is 19.5. The highest BCUT2D eigenvalue weighted by Gasteiger charge is 2.21. The van der Waals surface area contributed by atoms with Gasteiger partial charge in [-0.15, -0.1) is 0 Å². The van der Waals surface area contributed by atoms with E-state index in [9.17, 15) is 9.59 Å². The molecule has 0 aliphatic heterocycles. The quantitative estimate of drug-likeness (QED) is 0.751. The van der Waals surface area contributed by atoms with Crippen molar-refractivity contribution < 1.29 is 19.1 Å². The maximum Gasteiger partial charge on any atom is 0.407 e. The number of benzene rings is 1. The van der Waals surface area contributed by atoms with Crippen molar-refractivity contribution in [1.29, 1.82) is 0 Å². The van der Waals surface area contributed by atoms with Crippen LogP contribution in [0.3, 0.4) is 0 Å². The Morgan fingerprint density at radius 1 is 1.30 bits per heavy atom. The van der Waals surface area contributed by atoms with Crippen LogP contribution in [-0.4, -0.2) is 30.8 Å². The van der Waals surface area contributed by atoms with Gasteiger partial charge in [-0.1, -0.05) is 28.1 Å². The Balaban J connectivity index is 2.75. The van der Waals surface area contributed by atoms with Crippen molar-refractivity contribution in [2.75, 3.05) is 13.2 Å². The summed E-state index contributed by atoms with van der Waals surface area (Å²) in [4.78, 5) is 23.6. The molecule has 0 radical (unpaired) electrons. The molecule has 23 heavy (non-hydrogen) atoms. The van der Waals surface area contributed by atoms with Crippen LogP contribution in [-0.2, 0) is 14.3 Å². The number of alkyl carbamates (subject to hydrolysis) is 1. The van der Waals surface area contributed by atoms with Crippen LogP contribution in [0.25, 0.3) is 0 Å².